The van der Waals surface area contributed by atoms with Crippen molar-refractivity contribution in [2.45, 2.75) is 19.5 Å². The molecule has 4 heteroatoms. The molecule has 0 heterocycles. The molecule has 0 saturated carbocycles. The minimum absolute atomic E-state index is 0.0671. The first kappa shape index (κ1) is 10.9. The van der Waals surface area contributed by atoms with E-state index in [1.165, 1.54) is 13.2 Å². The highest BCUT2D eigenvalue weighted by atomic mass is 19.4. The fourth-order valence-electron chi connectivity index (χ4n) is 1.33. The molecule has 0 fully saturated rings. The Hall–Kier alpha value is -1.19. The van der Waals surface area contributed by atoms with Crippen molar-refractivity contribution in [2.75, 3.05) is 7.11 Å². The molecule has 1 rings (SSSR count). The highest BCUT2D eigenvalue weighted by Crippen LogP contribution is 2.37. The van der Waals surface area contributed by atoms with Gasteiger partial charge in [0.05, 0.1) is 12.7 Å². The Morgan fingerprint density at radius 3 is 2.36 bits per heavy atom. The summed E-state index contributed by atoms with van der Waals surface area (Å²) in [4.78, 5) is 0. The third kappa shape index (κ3) is 2.00. The maximum atomic E-state index is 12.5. The first-order valence-electron chi connectivity index (χ1n) is 4.23. The number of benzene rings is 1. The molecule has 0 unspecified atom stereocenters. The summed E-state index contributed by atoms with van der Waals surface area (Å²) in [6.07, 6.45) is -3.83. The lowest BCUT2D eigenvalue weighted by molar-refractivity contribution is -0.138. The number of ether oxygens (including phenoxy) is 1. The molecule has 0 N–H and O–H groups in total. The average Bonchev–Trinajstić information content (AvgIpc) is 2.15. The first-order chi connectivity index (χ1) is 6.50. The molecule has 0 aliphatic rings. The van der Waals surface area contributed by atoms with Crippen LogP contribution >= 0.6 is 0 Å². The number of halogens is 3. The van der Waals surface area contributed by atoms with Crippen molar-refractivity contribution in [3.63, 3.8) is 0 Å². The highest BCUT2D eigenvalue weighted by Gasteiger charge is 2.34. The first-order valence-corrected chi connectivity index (χ1v) is 4.23. The summed E-state index contributed by atoms with van der Waals surface area (Å²) in [6.45, 7) is 1.79. The summed E-state index contributed by atoms with van der Waals surface area (Å²) >= 11 is 0. The van der Waals surface area contributed by atoms with E-state index in [0.29, 0.717) is 12.0 Å². The van der Waals surface area contributed by atoms with Crippen LogP contribution in [0.1, 0.15) is 18.1 Å². The van der Waals surface area contributed by atoms with Gasteiger partial charge in [0.15, 0.2) is 0 Å². The Kier molecular flexibility index (Phi) is 3.03. The third-order valence-corrected chi connectivity index (χ3v) is 1.99. The number of rotatable bonds is 2. The number of alkyl halides is 3. The second-order valence-corrected chi connectivity index (χ2v) is 2.85. The molecule has 0 aliphatic carbocycles. The lowest BCUT2D eigenvalue weighted by Gasteiger charge is -2.14. The lowest BCUT2D eigenvalue weighted by Crippen LogP contribution is -2.08. The van der Waals surface area contributed by atoms with E-state index in [1.807, 2.05) is 0 Å². The smallest absolute Gasteiger partial charge is 0.419 e. The van der Waals surface area contributed by atoms with Gasteiger partial charge < -0.3 is 4.74 Å². The molecule has 0 bridgehead atoms. The van der Waals surface area contributed by atoms with Crippen LogP contribution in [0.2, 0.25) is 0 Å². The Balaban J connectivity index is 3.29. The van der Waals surface area contributed by atoms with Gasteiger partial charge in [0.2, 0.25) is 0 Å². The SMILES string of the molecule is CCc1cccc(C(F)(F)F)c1OC. The summed E-state index contributed by atoms with van der Waals surface area (Å²) < 4.78 is 42.2. The quantitative estimate of drug-likeness (QED) is 0.718. The number of hydrogen-bond acceptors (Lipinski definition) is 1. The molecule has 1 nitrogen and oxygen atoms in total. The molecular formula is C10H11F3O. The summed E-state index contributed by atoms with van der Waals surface area (Å²) in [5, 5.41) is 0. The van der Waals surface area contributed by atoms with E-state index in [-0.39, 0.29) is 5.75 Å². The Morgan fingerprint density at radius 2 is 1.93 bits per heavy atom. The molecule has 0 aliphatic heterocycles. The van der Waals surface area contributed by atoms with Crippen LogP contribution in [0.25, 0.3) is 0 Å². The lowest BCUT2D eigenvalue weighted by atomic mass is 10.1. The van der Waals surface area contributed by atoms with Crippen LogP contribution in [0.4, 0.5) is 13.2 Å². The van der Waals surface area contributed by atoms with Gasteiger partial charge in [-0.15, -0.1) is 0 Å². The van der Waals surface area contributed by atoms with Gasteiger partial charge in [-0.1, -0.05) is 19.1 Å². The van der Waals surface area contributed by atoms with Crippen molar-refractivity contribution in [3.05, 3.63) is 29.3 Å². The van der Waals surface area contributed by atoms with Crippen molar-refractivity contribution >= 4 is 0 Å². The van der Waals surface area contributed by atoms with E-state index in [1.54, 1.807) is 13.0 Å². The van der Waals surface area contributed by atoms with Crippen molar-refractivity contribution < 1.29 is 17.9 Å². The van der Waals surface area contributed by atoms with Gasteiger partial charge in [0, 0.05) is 0 Å². The van der Waals surface area contributed by atoms with Crippen LogP contribution in [0.3, 0.4) is 0 Å². The number of hydrogen-bond donors (Lipinski definition) is 0. The highest BCUT2D eigenvalue weighted by molar-refractivity contribution is 5.43. The molecule has 14 heavy (non-hydrogen) atoms. The molecule has 0 atom stereocenters. The zero-order valence-electron chi connectivity index (χ0n) is 7.98. The van der Waals surface area contributed by atoms with Crippen molar-refractivity contribution in [2.24, 2.45) is 0 Å². The summed E-state index contributed by atoms with van der Waals surface area (Å²) in [5.74, 6) is -0.0671. The van der Waals surface area contributed by atoms with Gasteiger partial charge in [-0.05, 0) is 18.1 Å². The van der Waals surface area contributed by atoms with Gasteiger partial charge in [-0.2, -0.15) is 13.2 Å². The molecular weight excluding hydrogens is 193 g/mol. The van der Waals surface area contributed by atoms with Crippen LogP contribution in [-0.4, -0.2) is 7.11 Å². The summed E-state index contributed by atoms with van der Waals surface area (Å²) in [6, 6.07) is 4.05. The van der Waals surface area contributed by atoms with Crippen molar-refractivity contribution in [1.29, 1.82) is 0 Å². The molecule has 0 amide bonds. The molecule has 1 aromatic rings. The van der Waals surface area contributed by atoms with Crippen LogP contribution in [0.15, 0.2) is 18.2 Å². The minimum Gasteiger partial charge on any atom is -0.496 e. The minimum atomic E-state index is -4.35. The van der Waals surface area contributed by atoms with Crippen LogP contribution in [0.5, 0.6) is 5.75 Å². The van der Waals surface area contributed by atoms with E-state index < -0.39 is 11.7 Å². The van der Waals surface area contributed by atoms with Gasteiger partial charge in [0.25, 0.3) is 0 Å². The maximum absolute atomic E-state index is 12.5. The monoisotopic (exact) mass is 204 g/mol. The predicted octanol–water partition coefficient (Wildman–Crippen LogP) is 3.28. The predicted molar refractivity (Wildman–Crippen MR) is 47.4 cm³/mol. The van der Waals surface area contributed by atoms with Gasteiger partial charge in [-0.25, -0.2) is 0 Å². The van der Waals surface area contributed by atoms with E-state index in [2.05, 4.69) is 0 Å². The van der Waals surface area contributed by atoms with Crippen LogP contribution < -0.4 is 4.74 Å². The van der Waals surface area contributed by atoms with E-state index in [0.717, 1.165) is 6.07 Å². The Bertz CT molecular complexity index is 318. The number of para-hydroxylation sites is 1. The average molecular weight is 204 g/mol. The van der Waals surface area contributed by atoms with E-state index >= 15 is 0 Å². The zero-order chi connectivity index (χ0) is 10.8. The summed E-state index contributed by atoms with van der Waals surface area (Å²) in [5.41, 5.74) is -0.137. The third-order valence-electron chi connectivity index (χ3n) is 1.99. The van der Waals surface area contributed by atoms with Crippen molar-refractivity contribution in [3.8, 4) is 5.75 Å². The fraction of sp³-hybridized carbons (Fsp3) is 0.400. The van der Waals surface area contributed by atoms with E-state index in [4.69, 9.17) is 4.74 Å². The Labute approximate surface area is 80.5 Å². The largest absolute Gasteiger partial charge is 0.496 e. The molecule has 0 radical (unpaired) electrons. The molecule has 78 valence electrons. The normalized spacial score (nSPS) is 11.5. The number of methoxy groups -OCH3 is 1. The fourth-order valence-corrected chi connectivity index (χ4v) is 1.33. The van der Waals surface area contributed by atoms with Crippen molar-refractivity contribution in [1.82, 2.24) is 0 Å². The van der Waals surface area contributed by atoms with Gasteiger partial charge in [-0.3, -0.25) is 0 Å². The standard InChI is InChI=1S/C10H11F3O/c1-3-7-5-4-6-8(9(7)14-2)10(11,12)13/h4-6H,3H2,1-2H3. The molecule has 1 aromatic carbocycles. The van der Waals surface area contributed by atoms with Crippen LogP contribution in [-0.2, 0) is 12.6 Å². The number of aryl methyl sites for hydroxylation is 1. The topological polar surface area (TPSA) is 9.23 Å². The maximum Gasteiger partial charge on any atom is 0.419 e. The zero-order valence-corrected chi connectivity index (χ0v) is 7.98. The summed E-state index contributed by atoms with van der Waals surface area (Å²) in [7, 11) is 1.25. The molecule has 0 saturated heterocycles. The van der Waals surface area contributed by atoms with Crippen LogP contribution in [0, 0.1) is 0 Å². The second kappa shape index (κ2) is 3.90. The second-order valence-electron chi connectivity index (χ2n) is 2.85. The molecule has 0 spiro atoms. The van der Waals surface area contributed by atoms with Gasteiger partial charge >= 0.3 is 6.18 Å². The molecule has 0 aromatic heterocycles. The van der Waals surface area contributed by atoms with Gasteiger partial charge in [0.1, 0.15) is 5.75 Å². The van der Waals surface area contributed by atoms with E-state index in [9.17, 15) is 13.2 Å². The Morgan fingerprint density at radius 1 is 1.29 bits per heavy atom.